The lowest BCUT2D eigenvalue weighted by molar-refractivity contribution is -0.121. The van der Waals surface area contributed by atoms with E-state index >= 15 is 0 Å². The van der Waals surface area contributed by atoms with Crippen LogP contribution in [0.25, 0.3) is 11.0 Å². The summed E-state index contributed by atoms with van der Waals surface area (Å²) < 4.78 is 0. The molecule has 1 aliphatic rings. The minimum Gasteiger partial charge on any atom is -0.385 e. The molecule has 0 bridgehead atoms. The molecule has 3 aromatic rings. The van der Waals surface area contributed by atoms with E-state index in [1.54, 1.807) is 0 Å². The number of hydrogen-bond donors (Lipinski definition) is 1. The Balaban J connectivity index is 1.40. The van der Waals surface area contributed by atoms with Crippen molar-refractivity contribution in [2.24, 2.45) is 0 Å². The Labute approximate surface area is 133 Å². The van der Waals surface area contributed by atoms with Gasteiger partial charge in [-0.15, -0.1) is 5.10 Å². The predicted octanol–water partition coefficient (Wildman–Crippen LogP) is 1.99. The first-order valence-corrected chi connectivity index (χ1v) is 7.65. The summed E-state index contributed by atoms with van der Waals surface area (Å²) in [5, 5.41) is 10.7. The molecular weight excluding hydrogens is 292 g/mol. The third kappa shape index (κ3) is 2.75. The van der Waals surface area contributed by atoms with E-state index in [4.69, 9.17) is 4.84 Å². The van der Waals surface area contributed by atoms with Gasteiger partial charge in [-0.2, -0.15) is 0 Å². The monoisotopic (exact) mass is 308 g/mol. The van der Waals surface area contributed by atoms with Crippen LogP contribution >= 0.6 is 0 Å². The van der Waals surface area contributed by atoms with Crippen molar-refractivity contribution in [1.82, 2.24) is 15.2 Å². The van der Waals surface area contributed by atoms with Crippen LogP contribution in [0.5, 0.6) is 0 Å². The smallest absolute Gasteiger partial charge is 0.265 e. The van der Waals surface area contributed by atoms with E-state index < -0.39 is 0 Å². The normalized spacial score (nSPS) is 13.0. The largest absolute Gasteiger partial charge is 0.385 e. The molecule has 1 aliphatic carbocycles. The van der Waals surface area contributed by atoms with E-state index in [1.807, 2.05) is 36.4 Å². The molecule has 1 N–H and O–H groups in total. The molecule has 6 heteroatoms. The highest BCUT2D eigenvalue weighted by molar-refractivity contribution is 5.91. The van der Waals surface area contributed by atoms with Gasteiger partial charge in [0.15, 0.2) is 6.61 Å². The fourth-order valence-corrected chi connectivity index (χ4v) is 2.91. The Bertz CT molecular complexity index is 872. The summed E-state index contributed by atoms with van der Waals surface area (Å²) in [6, 6.07) is 13.5. The van der Waals surface area contributed by atoms with Gasteiger partial charge in [-0.3, -0.25) is 4.79 Å². The summed E-state index contributed by atoms with van der Waals surface area (Å²) in [7, 11) is 0. The number of benzene rings is 2. The van der Waals surface area contributed by atoms with Gasteiger partial charge in [-0.05, 0) is 59.9 Å². The summed E-state index contributed by atoms with van der Waals surface area (Å²) in [6.45, 7) is -0.121. The number of para-hydroxylation sites is 1. The standard InChI is InChI=1S/C17H16N4O2/c22-17(18-14-9-8-12-4-3-5-13(12)10-14)11-23-21-16-7-2-1-6-15(16)19-20-21/h1-2,6-10H,3-5,11H2,(H,18,22). The van der Waals surface area contributed by atoms with Crippen molar-refractivity contribution in [3.63, 3.8) is 0 Å². The van der Waals surface area contributed by atoms with Crippen molar-refractivity contribution in [3.05, 3.63) is 53.6 Å². The Hall–Kier alpha value is -2.89. The summed E-state index contributed by atoms with van der Waals surface area (Å²) in [6.07, 6.45) is 3.40. The fourth-order valence-electron chi connectivity index (χ4n) is 2.91. The zero-order valence-corrected chi connectivity index (χ0v) is 12.5. The number of fused-ring (bicyclic) bond motifs is 2. The van der Waals surface area contributed by atoms with Crippen LogP contribution in [-0.2, 0) is 17.6 Å². The van der Waals surface area contributed by atoms with Crippen LogP contribution in [0.15, 0.2) is 42.5 Å². The molecule has 2 aromatic carbocycles. The topological polar surface area (TPSA) is 69.0 Å². The van der Waals surface area contributed by atoms with Crippen molar-refractivity contribution >= 4 is 22.6 Å². The molecule has 0 aliphatic heterocycles. The fraction of sp³-hybridized carbons (Fsp3) is 0.235. The zero-order valence-electron chi connectivity index (χ0n) is 12.5. The van der Waals surface area contributed by atoms with Crippen molar-refractivity contribution in [2.75, 3.05) is 11.9 Å². The average molecular weight is 308 g/mol. The number of nitrogens with zero attached hydrogens (tertiary/aromatic N) is 3. The number of nitrogens with one attached hydrogen (secondary N) is 1. The van der Waals surface area contributed by atoms with Gasteiger partial charge in [-0.25, -0.2) is 0 Å². The summed E-state index contributed by atoms with van der Waals surface area (Å²) in [5.41, 5.74) is 4.98. The molecule has 0 atom stereocenters. The number of hydrogen-bond acceptors (Lipinski definition) is 4. The number of amides is 1. The number of aromatic nitrogens is 3. The first-order chi connectivity index (χ1) is 11.3. The molecular formula is C17H16N4O2. The van der Waals surface area contributed by atoms with Crippen molar-refractivity contribution < 1.29 is 9.63 Å². The Morgan fingerprint density at radius 2 is 2.04 bits per heavy atom. The van der Waals surface area contributed by atoms with Crippen LogP contribution in [-0.4, -0.2) is 27.7 Å². The quantitative estimate of drug-likeness (QED) is 0.800. The van der Waals surface area contributed by atoms with Gasteiger partial charge in [0.1, 0.15) is 11.0 Å². The molecule has 0 saturated heterocycles. The lowest BCUT2D eigenvalue weighted by Crippen LogP contribution is -2.26. The Morgan fingerprint density at radius 1 is 1.17 bits per heavy atom. The van der Waals surface area contributed by atoms with Crippen LogP contribution in [0.3, 0.4) is 0 Å². The Kier molecular flexibility index (Phi) is 3.42. The van der Waals surface area contributed by atoms with Gasteiger partial charge in [0.2, 0.25) is 0 Å². The van der Waals surface area contributed by atoms with E-state index in [0.29, 0.717) is 0 Å². The van der Waals surface area contributed by atoms with E-state index in [1.165, 1.54) is 22.4 Å². The molecule has 1 amide bonds. The number of carbonyl (C=O) groups is 1. The van der Waals surface area contributed by atoms with Gasteiger partial charge in [0.25, 0.3) is 5.91 Å². The average Bonchev–Trinajstić information content (AvgIpc) is 3.19. The second kappa shape index (κ2) is 5.72. The van der Waals surface area contributed by atoms with Crippen LogP contribution in [0.4, 0.5) is 5.69 Å². The van der Waals surface area contributed by atoms with E-state index in [0.717, 1.165) is 29.6 Å². The number of aryl methyl sites for hydroxylation is 2. The van der Waals surface area contributed by atoms with Crippen molar-refractivity contribution in [2.45, 2.75) is 19.3 Å². The minimum atomic E-state index is -0.220. The summed E-state index contributed by atoms with van der Waals surface area (Å²) in [4.78, 5) is 18.7. The van der Waals surface area contributed by atoms with Crippen LogP contribution < -0.4 is 10.2 Å². The van der Waals surface area contributed by atoms with E-state index in [2.05, 4.69) is 21.7 Å². The highest BCUT2D eigenvalue weighted by atomic mass is 16.7. The maximum Gasteiger partial charge on any atom is 0.265 e. The molecule has 0 fully saturated rings. The summed E-state index contributed by atoms with van der Waals surface area (Å²) in [5.74, 6) is -0.220. The van der Waals surface area contributed by atoms with E-state index in [-0.39, 0.29) is 12.5 Å². The second-order valence-corrected chi connectivity index (χ2v) is 5.61. The maximum atomic E-state index is 12.0. The second-order valence-electron chi connectivity index (χ2n) is 5.61. The van der Waals surface area contributed by atoms with Gasteiger partial charge >= 0.3 is 0 Å². The highest BCUT2D eigenvalue weighted by Gasteiger charge is 2.12. The van der Waals surface area contributed by atoms with E-state index in [9.17, 15) is 4.79 Å². The van der Waals surface area contributed by atoms with Crippen LogP contribution in [0.1, 0.15) is 17.5 Å². The van der Waals surface area contributed by atoms with Gasteiger partial charge in [-0.1, -0.05) is 23.0 Å². The zero-order chi connectivity index (χ0) is 15.6. The molecule has 6 nitrogen and oxygen atoms in total. The van der Waals surface area contributed by atoms with Crippen LogP contribution in [0.2, 0.25) is 0 Å². The number of anilines is 1. The third-order valence-electron chi connectivity index (χ3n) is 4.02. The van der Waals surface area contributed by atoms with Gasteiger partial charge < -0.3 is 10.2 Å². The SMILES string of the molecule is O=C(COn1nnc2ccccc21)Nc1ccc2c(c1)CCC2. The molecule has 23 heavy (non-hydrogen) atoms. The first kappa shape index (κ1) is 13.8. The molecule has 0 spiro atoms. The number of carbonyl (C=O) groups excluding carboxylic acids is 1. The third-order valence-corrected chi connectivity index (χ3v) is 4.02. The lowest BCUT2D eigenvalue weighted by Gasteiger charge is -2.08. The highest BCUT2D eigenvalue weighted by Crippen LogP contribution is 2.24. The predicted molar refractivity (Wildman–Crippen MR) is 86.1 cm³/mol. The molecule has 0 radical (unpaired) electrons. The minimum absolute atomic E-state index is 0.121. The van der Waals surface area contributed by atoms with Gasteiger partial charge in [0.05, 0.1) is 0 Å². The maximum absolute atomic E-state index is 12.0. The molecule has 1 heterocycles. The molecule has 116 valence electrons. The van der Waals surface area contributed by atoms with Crippen molar-refractivity contribution in [1.29, 1.82) is 0 Å². The molecule has 4 rings (SSSR count). The Morgan fingerprint density at radius 3 is 3.00 bits per heavy atom. The first-order valence-electron chi connectivity index (χ1n) is 7.65. The lowest BCUT2D eigenvalue weighted by atomic mass is 10.1. The van der Waals surface area contributed by atoms with Crippen molar-refractivity contribution in [3.8, 4) is 0 Å². The summed E-state index contributed by atoms with van der Waals surface area (Å²) >= 11 is 0. The molecule has 1 aromatic heterocycles. The number of rotatable bonds is 4. The van der Waals surface area contributed by atoms with Crippen LogP contribution in [0, 0.1) is 0 Å². The van der Waals surface area contributed by atoms with Gasteiger partial charge in [0, 0.05) is 5.69 Å². The molecule has 0 unspecified atom stereocenters. The molecule has 0 saturated carbocycles.